The van der Waals surface area contributed by atoms with Gasteiger partial charge in [-0.25, -0.2) is 0 Å². The number of nitrogens with zero attached hydrogens (tertiary/aromatic N) is 1. The molecule has 0 bridgehead atoms. The van der Waals surface area contributed by atoms with Crippen LogP contribution >= 0.6 is 0 Å². The van der Waals surface area contributed by atoms with Crippen LogP contribution in [-0.2, 0) is 16.0 Å². The first-order valence-corrected chi connectivity index (χ1v) is 8.91. The summed E-state index contributed by atoms with van der Waals surface area (Å²) in [5.41, 5.74) is 2.07. The van der Waals surface area contributed by atoms with Gasteiger partial charge in [-0.1, -0.05) is 37.3 Å². The SMILES string of the molecule is CCc1ccc(N(CCNC(=O)CCOc2ccccc2)C(C)=O)cc1. The fourth-order valence-electron chi connectivity index (χ4n) is 2.55. The molecule has 0 spiro atoms. The largest absolute Gasteiger partial charge is 0.493 e. The second kappa shape index (κ2) is 10.2. The van der Waals surface area contributed by atoms with Gasteiger partial charge in [0.05, 0.1) is 13.0 Å². The quantitative estimate of drug-likeness (QED) is 0.752. The Morgan fingerprint density at radius 2 is 1.73 bits per heavy atom. The number of amides is 2. The molecule has 26 heavy (non-hydrogen) atoms. The van der Waals surface area contributed by atoms with E-state index >= 15 is 0 Å². The summed E-state index contributed by atoms with van der Waals surface area (Å²) in [7, 11) is 0. The second-order valence-corrected chi connectivity index (χ2v) is 5.95. The molecule has 0 aliphatic rings. The Bertz CT molecular complexity index is 699. The van der Waals surface area contributed by atoms with Crippen LogP contribution in [0, 0.1) is 0 Å². The smallest absolute Gasteiger partial charge is 0.223 e. The highest BCUT2D eigenvalue weighted by atomic mass is 16.5. The molecule has 1 N–H and O–H groups in total. The number of aryl methyl sites for hydroxylation is 1. The molecule has 0 saturated heterocycles. The Labute approximate surface area is 155 Å². The zero-order valence-electron chi connectivity index (χ0n) is 15.4. The molecular weight excluding hydrogens is 328 g/mol. The standard InChI is InChI=1S/C21H26N2O3/c1-3-18-9-11-19(12-10-18)23(17(2)24)15-14-22-21(25)13-16-26-20-7-5-4-6-8-20/h4-12H,3,13-16H2,1-2H3,(H,22,25). The fraction of sp³-hybridized carbons (Fsp3) is 0.333. The van der Waals surface area contributed by atoms with Crippen molar-refractivity contribution in [3.05, 3.63) is 60.2 Å². The van der Waals surface area contributed by atoms with Gasteiger partial charge in [0.1, 0.15) is 5.75 Å². The number of para-hydroxylation sites is 1. The summed E-state index contributed by atoms with van der Waals surface area (Å²) in [4.78, 5) is 25.5. The van der Waals surface area contributed by atoms with Crippen LogP contribution in [0.25, 0.3) is 0 Å². The number of anilines is 1. The molecule has 2 aromatic carbocycles. The van der Waals surface area contributed by atoms with Gasteiger partial charge in [-0.05, 0) is 36.2 Å². The van der Waals surface area contributed by atoms with E-state index in [4.69, 9.17) is 4.74 Å². The van der Waals surface area contributed by atoms with E-state index in [1.165, 1.54) is 12.5 Å². The van der Waals surface area contributed by atoms with E-state index in [0.29, 0.717) is 19.7 Å². The maximum absolute atomic E-state index is 11.9. The fourth-order valence-corrected chi connectivity index (χ4v) is 2.55. The molecule has 0 unspecified atom stereocenters. The van der Waals surface area contributed by atoms with Gasteiger partial charge >= 0.3 is 0 Å². The molecule has 0 aliphatic carbocycles. The van der Waals surface area contributed by atoms with Crippen molar-refractivity contribution in [1.29, 1.82) is 0 Å². The number of hydrogen-bond donors (Lipinski definition) is 1. The van der Waals surface area contributed by atoms with Crippen LogP contribution in [0.1, 0.15) is 25.8 Å². The van der Waals surface area contributed by atoms with Gasteiger partial charge in [-0.15, -0.1) is 0 Å². The van der Waals surface area contributed by atoms with Gasteiger partial charge in [-0.2, -0.15) is 0 Å². The van der Waals surface area contributed by atoms with Crippen molar-refractivity contribution in [3.63, 3.8) is 0 Å². The Morgan fingerprint density at radius 1 is 1.04 bits per heavy atom. The Kier molecular flexibility index (Phi) is 7.68. The maximum atomic E-state index is 11.9. The summed E-state index contributed by atoms with van der Waals surface area (Å²) < 4.78 is 5.51. The normalized spacial score (nSPS) is 10.2. The lowest BCUT2D eigenvalue weighted by Crippen LogP contribution is -2.37. The lowest BCUT2D eigenvalue weighted by molar-refractivity contribution is -0.122. The molecule has 5 nitrogen and oxygen atoms in total. The number of carbonyl (C=O) groups excluding carboxylic acids is 2. The van der Waals surface area contributed by atoms with Crippen molar-refractivity contribution in [2.75, 3.05) is 24.6 Å². The molecule has 0 heterocycles. The molecule has 2 amide bonds. The first kappa shape index (κ1) is 19.5. The van der Waals surface area contributed by atoms with Gasteiger partial charge in [0.2, 0.25) is 11.8 Å². The molecular formula is C21H26N2O3. The zero-order chi connectivity index (χ0) is 18.8. The van der Waals surface area contributed by atoms with Crippen LogP contribution in [0.15, 0.2) is 54.6 Å². The van der Waals surface area contributed by atoms with Crippen LogP contribution < -0.4 is 15.0 Å². The van der Waals surface area contributed by atoms with Crippen molar-refractivity contribution < 1.29 is 14.3 Å². The first-order chi connectivity index (χ1) is 12.6. The number of nitrogens with one attached hydrogen (secondary N) is 1. The van der Waals surface area contributed by atoms with Crippen LogP contribution in [0.3, 0.4) is 0 Å². The molecule has 2 aromatic rings. The molecule has 0 aliphatic heterocycles. The van der Waals surface area contributed by atoms with E-state index in [-0.39, 0.29) is 18.2 Å². The van der Waals surface area contributed by atoms with Gasteiger partial charge in [0.15, 0.2) is 0 Å². The molecule has 0 atom stereocenters. The number of rotatable bonds is 9. The number of carbonyl (C=O) groups is 2. The minimum Gasteiger partial charge on any atom is -0.493 e. The number of hydrogen-bond acceptors (Lipinski definition) is 3. The highest BCUT2D eigenvalue weighted by molar-refractivity contribution is 5.91. The van der Waals surface area contributed by atoms with Crippen LogP contribution in [0.5, 0.6) is 5.75 Å². The van der Waals surface area contributed by atoms with Crippen molar-refractivity contribution in [2.45, 2.75) is 26.7 Å². The van der Waals surface area contributed by atoms with E-state index in [0.717, 1.165) is 17.9 Å². The van der Waals surface area contributed by atoms with Gasteiger partial charge in [0.25, 0.3) is 0 Å². The number of benzene rings is 2. The third-order valence-corrected chi connectivity index (χ3v) is 4.04. The predicted octanol–water partition coefficient (Wildman–Crippen LogP) is 3.19. The van der Waals surface area contributed by atoms with Crippen molar-refractivity contribution in [3.8, 4) is 5.75 Å². The summed E-state index contributed by atoms with van der Waals surface area (Å²) in [5.74, 6) is 0.611. The maximum Gasteiger partial charge on any atom is 0.223 e. The third kappa shape index (κ3) is 6.24. The summed E-state index contributed by atoms with van der Waals surface area (Å²) >= 11 is 0. The summed E-state index contributed by atoms with van der Waals surface area (Å²) in [6.07, 6.45) is 1.24. The van der Waals surface area contributed by atoms with Crippen LogP contribution in [0.4, 0.5) is 5.69 Å². The van der Waals surface area contributed by atoms with Crippen molar-refractivity contribution in [2.24, 2.45) is 0 Å². The molecule has 0 saturated carbocycles. The topological polar surface area (TPSA) is 58.6 Å². The van der Waals surface area contributed by atoms with E-state index < -0.39 is 0 Å². The lowest BCUT2D eigenvalue weighted by atomic mass is 10.1. The van der Waals surface area contributed by atoms with Gasteiger partial charge in [0, 0.05) is 25.7 Å². The molecule has 0 aromatic heterocycles. The first-order valence-electron chi connectivity index (χ1n) is 8.91. The minimum atomic E-state index is -0.0919. The van der Waals surface area contributed by atoms with E-state index in [1.807, 2.05) is 54.6 Å². The van der Waals surface area contributed by atoms with Crippen molar-refractivity contribution >= 4 is 17.5 Å². The third-order valence-electron chi connectivity index (χ3n) is 4.04. The highest BCUT2D eigenvalue weighted by Gasteiger charge is 2.11. The van der Waals surface area contributed by atoms with Crippen LogP contribution in [0.2, 0.25) is 0 Å². The Balaban J connectivity index is 1.74. The Morgan fingerprint density at radius 3 is 2.35 bits per heavy atom. The molecule has 0 fully saturated rings. The molecule has 2 rings (SSSR count). The highest BCUT2D eigenvalue weighted by Crippen LogP contribution is 2.15. The molecule has 5 heteroatoms. The number of ether oxygens (including phenoxy) is 1. The summed E-state index contributed by atoms with van der Waals surface area (Å²) in [6, 6.07) is 17.3. The molecule has 0 radical (unpaired) electrons. The van der Waals surface area contributed by atoms with E-state index in [2.05, 4.69) is 12.2 Å². The Hall–Kier alpha value is -2.82. The molecule has 138 valence electrons. The minimum absolute atomic E-state index is 0.0455. The van der Waals surface area contributed by atoms with E-state index in [9.17, 15) is 9.59 Å². The zero-order valence-corrected chi connectivity index (χ0v) is 15.4. The van der Waals surface area contributed by atoms with Crippen LogP contribution in [-0.4, -0.2) is 31.5 Å². The second-order valence-electron chi connectivity index (χ2n) is 5.95. The monoisotopic (exact) mass is 354 g/mol. The summed E-state index contributed by atoms with van der Waals surface area (Å²) in [6.45, 7) is 4.79. The van der Waals surface area contributed by atoms with Gasteiger partial charge in [-0.3, -0.25) is 9.59 Å². The van der Waals surface area contributed by atoms with E-state index in [1.54, 1.807) is 4.90 Å². The summed E-state index contributed by atoms with van der Waals surface area (Å²) in [5, 5.41) is 2.83. The predicted molar refractivity (Wildman–Crippen MR) is 103 cm³/mol. The lowest BCUT2D eigenvalue weighted by Gasteiger charge is -2.21. The van der Waals surface area contributed by atoms with Crippen molar-refractivity contribution in [1.82, 2.24) is 5.32 Å². The average Bonchev–Trinajstić information content (AvgIpc) is 2.66. The average molecular weight is 354 g/mol. The van der Waals surface area contributed by atoms with Gasteiger partial charge < -0.3 is 15.0 Å².